The molecule has 2 aromatic heterocycles. The Hall–Kier alpha value is -1.08. The molecule has 0 aromatic carbocycles. The third-order valence-electron chi connectivity index (χ3n) is 4.26. The van der Waals surface area contributed by atoms with E-state index in [2.05, 4.69) is 16.1 Å². The van der Waals surface area contributed by atoms with Crippen molar-refractivity contribution < 1.29 is 9.32 Å². The van der Waals surface area contributed by atoms with Crippen LogP contribution in [0.5, 0.6) is 0 Å². The third kappa shape index (κ3) is 4.30. The van der Waals surface area contributed by atoms with Gasteiger partial charge in [0, 0.05) is 49.6 Å². The molecule has 3 heterocycles. The van der Waals surface area contributed by atoms with Crippen LogP contribution in [0.15, 0.2) is 16.7 Å². The zero-order valence-corrected chi connectivity index (χ0v) is 15.8. The molecular formula is C16H19Cl2N3O2S. The van der Waals surface area contributed by atoms with Crippen LogP contribution in [0.3, 0.4) is 0 Å². The van der Waals surface area contributed by atoms with E-state index in [0.717, 1.165) is 48.3 Å². The summed E-state index contributed by atoms with van der Waals surface area (Å²) in [6.45, 7) is 6.02. The van der Waals surface area contributed by atoms with Gasteiger partial charge < -0.3 is 9.42 Å². The zero-order chi connectivity index (χ0) is 17.1. The smallest absolute Gasteiger partial charge is 0.229 e. The van der Waals surface area contributed by atoms with Crippen molar-refractivity contribution in [1.29, 1.82) is 0 Å². The number of aromatic nitrogens is 1. The Labute approximate surface area is 155 Å². The molecule has 130 valence electrons. The lowest BCUT2D eigenvalue weighted by Gasteiger charge is -2.34. The molecule has 0 atom stereocenters. The van der Waals surface area contributed by atoms with E-state index in [1.807, 2.05) is 17.9 Å². The van der Waals surface area contributed by atoms with Crippen LogP contribution in [0.25, 0.3) is 0 Å². The molecule has 0 N–H and O–H groups in total. The highest BCUT2D eigenvalue weighted by Crippen LogP contribution is 2.23. The molecule has 0 spiro atoms. The maximum absolute atomic E-state index is 12.4. The summed E-state index contributed by atoms with van der Waals surface area (Å²) in [5.41, 5.74) is 1.59. The number of thiophene rings is 1. The molecule has 0 bridgehead atoms. The van der Waals surface area contributed by atoms with Gasteiger partial charge >= 0.3 is 0 Å². The summed E-state index contributed by atoms with van der Waals surface area (Å²) >= 11 is 13.5. The van der Waals surface area contributed by atoms with E-state index in [9.17, 15) is 4.79 Å². The second-order valence-corrected chi connectivity index (χ2v) is 8.03. The van der Waals surface area contributed by atoms with Gasteiger partial charge in [-0.25, -0.2) is 0 Å². The summed E-state index contributed by atoms with van der Waals surface area (Å²) < 4.78 is 5.74. The fourth-order valence-electron chi connectivity index (χ4n) is 2.84. The topological polar surface area (TPSA) is 49.6 Å². The van der Waals surface area contributed by atoms with Crippen molar-refractivity contribution in [3.63, 3.8) is 0 Å². The zero-order valence-electron chi connectivity index (χ0n) is 13.4. The molecule has 3 rings (SSSR count). The number of hydrogen-bond acceptors (Lipinski definition) is 5. The third-order valence-corrected chi connectivity index (χ3v) is 5.77. The molecule has 1 amide bonds. The van der Waals surface area contributed by atoms with Crippen LogP contribution in [-0.2, 0) is 17.8 Å². The highest BCUT2D eigenvalue weighted by Gasteiger charge is 2.22. The Kier molecular flexibility index (Phi) is 5.81. The van der Waals surface area contributed by atoms with Crippen molar-refractivity contribution in [1.82, 2.24) is 15.0 Å². The van der Waals surface area contributed by atoms with Gasteiger partial charge in [-0.1, -0.05) is 16.8 Å². The first-order valence-corrected chi connectivity index (χ1v) is 9.45. The molecule has 0 aliphatic carbocycles. The fraction of sp³-hybridized carbons (Fsp3) is 0.500. The van der Waals surface area contributed by atoms with E-state index >= 15 is 0 Å². The first kappa shape index (κ1) is 17.7. The quantitative estimate of drug-likeness (QED) is 0.785. The van der Waals surface area contributed by atoms with Crippen LogP contribution in [0.4, 0.5) is 0 Å². The molecule has 0 unspecified atom stereocenters. The Morgan fingerprint density at radius 3 is 2.62 bits per heavy atom. The van der Waals surface area contributed by atoms with E-state index in [0.29, 0.717) is 18.1 Å². The number of carbonyl (C=O) groups is 1. The van der Waals surface area contributed by atoms with Gasteiger partial charge in [0.15, 0.2) is 0 Å². The molecule has 24 heavy (non-hydrogen) atoms. The number of aryl methyl sites for hydroxylation is 1. The maximum atomic E-state index is 12.4. The van der Waals surface area contributed by atoms with E-state index < -0.39 is 0 Å². The Balaban J connectivity index is 1.45. The molecule has 1 aliphatic heterocycles. The molecular weight excluding hydrogens is 369 g/mol. The van der Waals surface area contributed by atoms with Crippen molar-refractivity contribution in [3.8, 4) is 0 Å². The molecule has 0 saturated carbocycles. The van der Waals surface area contributed by atoms with Crippen LogP contribution in [0.1, 0.15) is 22.6 Å². The van der Waals surface area contributed by atoms with E-state index in [4.69, 9.17) is 27.7 Å². The van der Waals surface area contributed by atoms with Crippen LogP contribution < -0.4 is 0 Å². The van der Waals surface area contributed by atoms with E-state index in [1.54, 1.807) is 11.3 Å². The van der Waals surface area contributed by atoms with Crippen molar-refractivity contribution in [2.75, 3.05) is 26.2 Å². The average Bonchev–Trinajstić information content (AvgIpc) is 3.12. The van der Waals surface area contributed by atoms with E-state index in [-0.39, 0.29) is 5.91 Å². The summed E-state index contributed by atoms with van der Waals surface area (Å²) in [6.07, 6.45) is 1.00. The molecule has 8 heteroatoms. The number of nitrogens with zero attached hydrogens (tertiary/aromatic N) is 3. The lowest BCUT2D eigenvalue weighted by molar-refractivity contribution is -0.132. The highest BCUT2D eigenvalue weighted by molar-refractivity contribution is 7.16. The minimum Gasteiger partial charge on any atom is -0.344 e. The number of rotatable bonds is 5. The van der Waals surface area contributed by atoms with E-state index in [1.165, 1.54) is 4.88 Å². The van der Waals surface area contributed by atoms with Crippen molar-refractivity contribution in [2.24, 2.45) is 0 Å². The van der Waals surface area contributed by atoms with Crippen LogP contribution in [0.2, 0.25) is 9.56 Å². The number of hydrogen-bond donors (Lipinski definition) is 0. The number of amides is 1. The van der Waals surface area contributed by atoms with Crippen molar-refractivity contribution in [2.45, 2.75) is 26.3 Å². The van der Waals surface area contributed by atoms with Gasteiger partial charge in [0.25, 0.3) is 0 Å². The number of carbonyl (C=O) groups excluding carboxylic acids is 1. The Bertz CT molecular complexity index is 688. The molecule has 1 saturated heterocycles. The van der Waals surface area contributed by atoms with Crippen LogP contribution in [-0.4, -0.2) is 47.0 Å². The van der Waals surface area contributed by atoms with Gasteiger partial charge in [-0.2, -0.15) is 0 Å². The minimum atomic E-state index is 0.158. The van der Waals surface area contributed by atoms with Crippen LogP contribution >= 0.6 is 34.5 Å². The SMILES string of the molecule is Cc1noc(Cl)c1CCC(=O)N1CCN(Cc2ccc(Cl)s2)CC1. The monoisotopic (exact) mass is 387 g/mol. The lowest BCUT2D eigenvalue weighted by atomic mass is 10.1. The summed E-state index contributed by atoms with van der Waals surface area (Å²) in [7, 11) is 0. The largest absolute Gasteiger partial charge is 0.344 e. The highest BCUT2D eigenvalue weighted by atomic mass is 35.5. The first-order valence-electron chi connectivity index (χ1n) is 7.88. The van der Waals surface area contributed by atoms with Crippen molar-refractivity contribution >= 4 is 40.4 Å². The summed E-state index contributed by atoms with van der Waals surface area (Å²) in [5.74, 6) is 0.158. The molecule has 0 radical (unpaired) electrons. The Morgan fingerprint density at radius 2 is 2.04 bits per heavy atom. The van der Waals surface area contributed by atoms with Gasteiger partial charge in [-0.05, 0) is 37.1 Å². The second-order valence-electron chi connectivity index (χ2n) is 5.88. The molecule has 1 fully saturated rings. The standard InChI is InChI=1S/C16H19Cl2N3O2S/c1-11-13(16(18)23-19-11)3-5-15(22)21-8-6-20(7-9-21)10-12-2-4-14(17)24-12/h2,4H,3,5-10H2,1H3. The maximum Gasteiger partial charge on any atom is 0.229 e. The predicted molar refractivity (Wildman–Crippen MR) is 95.8 cm³/mol. The first-order chi connectivity index (χ1) is 11.5. The minimum absolute atomic E-state index is 0.158. The Morgan fingerprint density at radius 1 is 1.29 bits per heavy atom. The molecule has 1 aliphatic rings. The summed E-state index contributed by atoms with van der Waals surface area (Å²) in [6, 6.07) is 3.99. The lowest BCUT2D eigenvalue weighted by Crippen LogP contribution is -2.48. The number of halogens is 2. The van der Waals surface area contributed by atoms with Gasteiger partial charge in [-0.3, -0.25) is 9.69 Å². The molecule has 2 aromatic rings. The van der Waals surface area contributed by atoms with Gasteiger partial charge in [0.2, 0.25) is 11.1 Å². The summed E-state index contributed by atoms with van der Waals surface area (Å²) in [5, 5.41) is 4.10. The number of piperazine rings is 1. The van der Waals surface area contributed by atoms with Gasteiger partial charge in [0.05, 0.1) is 10.0 Å². The normalized spacial score (nSPS) is 15.9. The second kappa shape index (κ2) is 7.87. The van der Waals surface area contributed by atoms with Crippen molar-refractivity contribution in [3.05, 3.63) is 37.8 Å². The summed E-state index contributed by atoms with van der Waals surface area (Å²) in [4.78, 5) is 17.9. The van der Waals surface area contributed by atoms with Crippen LogP contribution in [0, 0.1) is 6.92 Å². The van der Waals surface area contributed by atoms with Gasteiger partial charge in [0.1, 0.15) is 0 Å². The fourth-order valence-corrected chi connectivity index (χ4v) is 4.24. The molecule has 5 nitrogen and oxygen atoms in total. The predicted octanol–water partition coefficient (Wildman–Crippen LogP) is 3.63. The average molecular weight is 388 g/mol. The van der Waals surface area contributed by atoms with Gasteiger partial charge in [-0.15, -0.1) is 11.3 Å².